The van der Waals surface area contributed by atoms with Crippen molar-refractivity contribution in [3.63, 3.8) is 0 Å². The maximum atomic E-state index is 12.5. The van der Waals surface area contributed by atoms with Crippen LogP contribution in [0.15, 0.2) is 24.4 Å². The van der Waals surface area contributed by atoms with Crippen LogP contribution in [0.25, 0.3) is 10.7 Å². The highest BCUT2D eigenvalue weighted by Gasteiger charge is 2.31. The van der Waals surface area contributed by atoms with Crippen molar-refractivity contribution in [3.05, 3.63) is 24.4 Å². The molecule has 0 aliphatic carbocycles. The third-order valence-electron chi connectivity index (χ3n) is 4.61. The lowest BCUT2D eigenvalue weighted by Gasteiger charge is -2.35. The highest BCUT2D eigenvalue weighted by molar-refractivity contribution is 7.18. The van der Waals surface area contributed by atoms with E-state index in [2.05, 4.69) is 20.5 Å². The zero-order chi connectivity index (χ0) is 18.6. The van der Waals surface area contributed by atoms with Crippen LogP contribution in [0.1, 0.15) is 12.8 Å². The first-order valence-corrected chi connectivity index (χ1v) is 9.73. The quantitative estimate of drug-likeness (QED) is 0.854. The summed E-state index contributed by atoms with van der Waals surface area (Å²) >= 11 is 1.28. The van der Waals surface area contributed by atoms with E-state index in [4.69, 9.17) is 4.74 Å². The van der Waals surface area contributed by atoms with E-state index in [0.29, 0.717) is 42.9 Å². The summed E-state index contributed by atoms with van der Waals surface area (Å²) < 4.78 is 5.46. The van der Waals surface area contributed by atoms with E-state index in [-0.39, 0.29) is 18.0 Å². The minimum atomic E-state index is -0.309. The standard InChI is InChI=1S/C17H20N6O3S/c24-15(13-5-3-11-26-13)22-7-9-23(10-8-22)17(25)19-16-21-20-14(27-16)12-4-1-2-6-18-12/h1-2,4,6,13H,3,5,7-11H2,(H,19,21,25). The van der Waals surface area contributed by atoms with Crippen LogP contribution in [-0.2, 0) is 9.53 Å². The summed E-state index contributed by atoms with van der Waals surface area (Å²) in [5.41, 5.74) is 0.719. The molecule has 0 radical (unpaired) electrons. The highest BCUT2D eigenvalue weighted by Crippen LogP contribution is 2.24. The number of pyridine rings is 1. The largest absolute Gasteiger partial charge is 0.368 e. The van der Waals surface area contributed by atoms with Gasteiger partial charge in [0.1, 0.15) is 11.8 Å². The van der Waals surface area contributed by atoms with Gasteiger partial charge in [-0.1, -0.05) is 17.4 Å². The number of piperazine rings is 1. The van der Waals surface area contributed by atoms with E-state index >= 15 is 0 Å². The zero-order valence-corrected chi connectivity index (χ0v) is 15.5. The van der Waals surface area contributed by atoms with Gasteiger partial charge < -0.3 is 14.5 Å². The maximum absolute atomic E-state index is 12.5. The molecule has 2 aromatic heterocycles. The molecule has 1 N–H and O–H groups in total. The molecule has 9 nitrogen and oxygen atoms in total. The minimum Gasteiger partial charge on any atom is -0.368 e. The number of carbonyl (C=O) groups excluding carboxylic acids is 2. The zero-order valence-electron chi connectivity index (χ0n) is 14.7. The summed E-state index contributed by atoms with van der Waals surface area (Å²) in [6, 6.07) is 5.31. The second-order valence-electron chi connectivity index (χ2n) is 6.37. The predicted molar refractivity (Wildman–Crippen MR) is 99.3 cm³/mol. The number of aromatic nitrogens is 3. The van der Waals surface area contributed by atoms with Gasteiger partial charge in [-0.15, -0.1) is 10.2 Å². The van der Waals surface area contributed by atoms with Crippen LogP contribution in [0.2, 0.25) is 0 Å². The van der Waals surface area contributed by atoms with Crippen molar-refractivity contribution < 1.29 is 14.3 Å². The average Bonchev–Trinajstić information content (AvgIpc) is 3.40. The van der Waals surface area contributed by atoms with Crippen molar-refractivity contribution in [2.75, 3.05) is 38.1 Å². The molecular formula is C17H20N6O3S. The molecule has 4 rings (SSSR count). The van der Waals surface area contributed by atoms with Gasteiger partial charge >= 0.3 is 6.03 Å². The van der Waals surface area contributed by atoms with Gasteiger partial charge in [0.25, 0.3) is 5.91 Å². The fraction of sp³-hybridized carbons (Fsp3) is 0.471. The van der Waals surface area contributed by atoms with Crippen molar-refractivity contribution in [1.29, 1.82) is 0 Å². The molecule has 1 unspecified atom stereocenters. The number of carbonyl (C=O) groups is 2. The first-order valence-electron chi connectivity index (χ1n) is 8.92. The van der Waals surface area contributed by atoms with E-state index < -0.39 is 0 Å². The molecule has 27 heavy (non-hydrogen) atoms. The predicted octanol–water partition coefficient (Wildman–Crippen LogP) is 1.46. The number of rotatable bonds is 3. The topological polar surface area (TPSA) is 101 Å². The fourth-order valence-electron chi connectivity index (χ4n) is 3.14. The van der Waals surface area contributed by atoms with Crippen LogP contribution >= 0.6 is 11.3 Å². The molecule has 2 saturated heterocycles. The van der Waals surface area contributed by atoms with Crippen LogP contribution in [0.3, 0.4) is 0 Å². The Balaban J connectivity index is 1.30. The lowest BCUT2D eigenvalue weighted by molar-refractivity contribution is -0.142. The highest BCUT2D eigenvalue weighted by atomic mass is 32.1. The van der Waals surface area contributed by atoms with Gasteiger partial charge in [0.2, 0.25) is 5.13 Å². The molecule has 0 bridgehead atoms. The van der Waals surface area contributed by atoms with Crippen LogP contribution in [0, 0.1) is 0 Å². The van der Waals surface area contributed by atoms with E-state index in [1.807, 2.05) is 18.2 Å². The molecule has 2 aliphatic heterocycles. The summed E-state index contributed by atoms with van der Waals surface area (Å²) in [6.07, 6.45) is 3.10. The Hall–Kier alpha value is -2.59. The molecule has 0 spiro atoms. The number of ether oxygens (including phenoxy) is 1. The molecule has 2 aliphatic rings. The minimum absolute atomic E-state index is 0.0386. The summed E-state index contributed by atoms with van der Waals surface area (Å²) in [5.74, 6) is 0.0386. The van der Waals surface area contributed by atoms with Gasteiger partial charge in [0.15, 0.2) is 5.01 Å². The maximum Gasteiger partial charge on any atom is 0.323 e. The van der Waals surface area contributed by atoms with Gasteiger partial charge in [-0.3, -0.25) is 15.1 Å². The fourth-order valence-corrected chi connectivity index (χ4v) is 3.85. The molecule has 0 saturated carbocycles. The number of nitrogens with zero attached hydrogens (tertiary/aromatic N) is 5. The van der Waals surface area contributed by atoms with Crippen molar-refractivity contribution in [2.45, 2.75) is 18.9 Å². The first-order chi connectivity index (χ1) is 13.2. The number of amides is 3. The molecule has 10 heteroatoms. The number of hydrogen-bond donors (Lipinski definition) is 1. The Labute approximate surface area is 160 Å². The number of hydrogen-bond acceptors (Lipinski definition) is 7. The van der Waals surface area contributed by atoms with E-state index in [1.54, 1.807) is 16.0 Å². The van der Waals surface area contributed by atoms with Crippen LogP contribution in [-0.4, -0.2) is 75.8 Å². The lowest BCUT2D eigenvalue weighted by Crippen LogP contribution is -2.53. The summed E-state index contributed by atoms with van der Waals surface area (Å²) in [4.78, 5) is 32.5. The van der Waals surface area contributed by atoms with Crippen molar-refractivity contribution >= 4 is 28.4 Å². The van der Waals surface area contributed by atoms with Gasteiger partial charge in [-0.2, -0.15) is 0 Å². The van der Waals surface area contributed by atoms with E-state index in [9.17, 15) is 9.59 Å². The monoisotopic (exact) mass is 388 g/mol. The summed E-state index contributed by atoms with van der Waals surface area (Å²) in [7, 11) is 0. The molecule has 3 amide bonds. The Morgan fingerprint density at radius 2 is 1.96 bits per heavy atom. The lowest BCUT2D eigenvalue weighted by atomic mass is 10.2. The second kappa shape index (κ2) is 7.97. The molecule has 2 aromatic rings. The third kappa shape index (κ3) is 4.06. The van der Waals surface area contributed by atoms with Crippen LogP contribution < -0.4 is 5.32 Å². The molecular weight excluding hydrogens is 368 g/mol. The summed E-state index contributed by atoms with van der Waals surface area (Å²) in [6.45, 7) is 2.65. The van der Waals surface area contributed by atoms with Crippen molar-refractivity contribution in [2.24, 2.45) is 0 Å². The van der Waals surface area contributed by atoms with Gasteiger partial charge in [0, 0.05) is 39.0 Å². The Bertz CT molecular complexity index is 800. The Kier molecular flexibility index (Phi) is 5.26. The van der Waals surface area contributed by atoms with Gasteiger partial charge in [0.05, 0.1) is 0 Å². The molecule has 0 aromatic carbocycles. The molecule has 2 fully saturated rings. The normalized spacial score (nSPS) is 19.9. The van der Waals surface area contributed by atoms with Gasteiger partial charge in [-0.25, -0.2) is 4.79 Å². The second-order valence-corrected chi connectivity index (χ2v) is 7.35. The first kappa shape index (κ1) is 17.8. The number of nitrogens with one attached hydrogen (secondary N) is 1. The third-order valence-corrected chi connectivity index (χ3v) is 5.47. The number of anilines is 1. The summed E-state index contributed by atoms with van der Waals surface area (Å²) in [5, 5.41) is 11.9. The van der Waals surface area contributed by atoms with E-state index in [1.165, 1.54) is 11.3 Å². The van der Waals surface area contributed by atoms with Gasteiger partial charge in [-0.05, 0) is 25.0 Å². The number of urea groups is 1. The average molecular weight is 388 g/mol. The van der Waals surface area contributed by atoms with Crippen molar-refractivity contribution in [1.82, 2.24) is 25.0 Å². The molecule has 1 atom stereocenters. The van der Waals surface area contributed by atoms with Crippen molar-refractivity contribution in [3.8, 4) is 10.7 Å². The Morgan fingerprint density at radius 1 is 1.15 bits per heavy atom. The molecule has 4 heterocycles. The van der Waals surface area contributed by atoms with Crippen LogP contribution in [0.4, 0.5) is 9.93 Å². The van der Waals surface area contributed by atoms with Crippen LogP contribution in [0.5, 0.6) is 0 Å². The Morgan fingerprint density at radius 3 is 2.67 bits per heavy atom. The smallest absolute Gasteiger partial charge is 0.323 e. The molecule has 142 valence electrons. The van der Waals surface area contributed by atoms with E-state index in [0.717, 1.165) is 18.5 Å². The SMILES string of the molecule is O=C(Nc1nnc(-c2ccccn2)s1)N1CCN(C(=O)C2CCCO2)CC1.